The molecule has 3 atom stereocenters. The highest BCUT2D eigenvalue weighted by Crippen LogP contribution is 2.50. The summed E-state index contributed by atoms with van der Waals surface area (Å²) in [5.41, 5.74) is 0.376. The van der Waals surface area contributed by atoms with Gasteiger partial charge in [0.25, 0.3) is 5.91 Å². The molecule has 10 nitrogen and oxygen atoms in total. The van der Waals surface area contributed by atoms with Gasteiger partial charge in [0.15, 0.2) is 6.04 Å². The molecule has 1 spiro atoms. The van der Waals surface area contributed by atoms with Crippen LogP contribution in [0.4, 0.5) is 0 Å². The standard InChI is InChI=1S/C26H36N4O6S2/c1-3-9-18(28-23(33)19-14-26(16-30(19)4-2)37-12-8-13-38-26)22(32)24(34)27-15-20(31)29-21(25(35)36)17-10-6-5-7-11-17/h5-7,10-11,18-19,21H,3-4,8-9,12-16H2,1-2H3,(H,27,34)(H,28,33)(H,29,31)(H,35,36). The molecule has 1 aromatic carbocycles. The number of carboxylic acids is 1. The number of likely N-dealkylation sites (N-methyl/N-ethyl adjacent to an activating group) is 1. The monoisotopic (exact) mass is 564 g/mol. The van der Waals surface area contributed by atoms with E-state index in [-0.39, 0.29) is 22.4 Å². The zero-order valence-corrected chi connectivity index (χ0v) is 23.4. The molecular formula is C26H36N4O6S2. The van der Waals surface area contributed by atoms with Crippen LogP contribution in [-0.4, -0.2) is 86.8 Å². The predicted molar refractivity (Wildman–Crippen MR) is 148 cm³/mol. The molecule has 0 aliphatic carbocycles. The molecule has 2 heterocycles. The average Bonchev–Trinajstić information content (AvgIpc) is 3.28. The number of likely N-dealkylation sites (tertiary alicyclic amines) is 1. The SMILES string of the molecule is CCCC(NC(=O)C1CC2(CN1CC)SCCCS2)C(=O)C(=O)NCC(=O)NC(C(=O)O)c1ccccc1. The maximum Gasteiger partial charge on any atom is 0.330 e. The van der Waals surface area contributed by atoms with Gasteiger partial charge in [-0.25, -0.2) is 4.79 Å². The van der Waals surface area contributed by atoms with Crippen molar-refractivity contribution in [3.8, 4) is 0 Å². The van der Waals surface area contributed by atoms with Crippen molar-refractivity contribution in [1.82, 2.24) is 20.9 Å². The van der Waals surface area contributed by atoms with Gasteiger partial charge in [-0.3, -0.25) is 24.1 Å². The third-order valence-corrected chi connectivity index (χ3v) is 9.98. The van der Waals surface area contributed by atoms with Gasteiger partial charge >= 0.3 is 5.97 Å². The summed E-state index contributed by atoms with van der Waals surface area (Å²) in [6.45, 7) is 4.81. The van der Waals surface area contributed by atoms with Crippen molar-refractivity contribution < 1.29 is 29.1 Å². The van der Waals surface area contributed by atoms with Crippen molar-refractivity contribution in [3.05, 3.63) is 35.9 Å². The topological polar surface area (TPSA) is 145 Å². The van der Waals surface area contributed by atoms with Crippen LogP contribution in [-0.2, 0) is 24.0 Å². The minimum atomic E-state index is -1.29. The number of Topliss-reactive ketones (excluding diaryl/α,β-unsaturated/α-hetero) is 1. The number of aliphatic carboxylic acids is 1. The van der Waals surface area contributed by atoms with Crippen molar-refractivity contribution >= 4 is 53.0 Å². The summed E-state index contributed by atoms with van der Waals surface area (Å²) in [6.07, 6.45) is 2.70. The second-order valence-corrected chi connectivity index (χ2v) is 12.6. The quantitative estimate of drug-likeness (QED) is 0.278. The zero-order valence-electron chi connectivity index (χ0n) is 21.7. The van der Waals surface area contributed by atoms with Crippen molar-refractivity contribution in [2.24, 2.45) is 0 Å². The van der Waals surface area contributed by atoms with Crippen LogP contribution >= 0.6 is 23.5 Å². The fourth-order valence-electron chi connectivity index (χ4n) is 4.70. The minimum Gasteiger partial charge on any atom is -0.479 e. The van der Waals surface area contributed by atoms with Gasteiger partial charge in [-0.2, -0.15) is 0 Å². The molecule has 208 valence electrons. The number of rotatable bonds is 12. The normalized spacial score (nSPS) is 20.3. The number of ketones is 1. The van der Waals surface area contributed by atoms with Gasteiger partial charge in [0.2, 0.25) is 17.6 Å². The number of nitrogens with one attached hydrogen (secondary N) is 3. The van der Waals surface area contributed by atoms with E-state index >= 15 is 0 Å². The number of benzene rings is 1. The van der Waals surface area contributed by atoms with Crippen LogP contribution in [0.25, 0.3) is 0 Å². The van der Waals surface area contributed by atoms with Gasteiger partial charge in [-0.15, -0.1) is 23.5 Å². The van der Waals surface area contributed by atoms with E-state index < -0.39 is 42.2 Å². The van der Waals surface area contributed by atoms with Crippen molar-refractivity contribution in [2.45, 2.75) is 61.7 Å². The van der Waals surface area contributed by atoms with Gasteiger partial charge < -0.3 is 21.1 Å². The molecule has 0 bridgehead atoms. The number of amides is 3. The van der Waals surface area contributed by atoms with Crippen LogP contribution in [0.2, 0.25) is 0 Å². The summed E-state index contributed by atoms with van der Waals surface area (Å²) in [4.78, 5) is 64.8. The maximum absolute atomic E-state index is 13.3. The molecule has 1 aromatic rings. The Morgan fingerprint density at radius 2 is 1.76 bits per heavy atom. The van der Waals surface area contributed by atoms with Crippen LogP contribution in [0.15, 0.2) is 30.3 Å². The van der Waals surface area contributed by atoms with E-state index in [1.165, 1.54) is 0 Å². The van der Waals surface area contributed by atoms with Crippen molar-refractivity contribution in [2.75, 3.05) is 31.1 Å². The smallest absolute Gasteiger partial charge is 0.330 e. The highest BCUT2D eigenvalue weighted by Gasteiger charge is 2.48. The Morgan fingerprint density at radius 3 is 2.37 bits per heavy atom. The Bertz CT molecular complexity index is 1020. The number of carbonyl (C=O) groups is 5. The number of carboxylic acid groups (broad SMARTS) is 1. The fourth-order valence-corrected chi connectivity index (χ4v) is 8.10. The summed E-state index contributed by atoms with van der Waals surface area (Å²) in [5, 5.41) is 16.9. The van der Waals surface area contributed by atoms with E-state index in [0.717, 1.165) is 24.5 Å². The van der Waals surface area contributed by atoms with Crippen LogP contribution in [0, 0.1) is 0 Å². The van der Waals surface area contributed by atoms with Crippen LogP contribution in [0.1, 0.15) is 51.1 Å². The zero-order chi connectivity index (χ0) is 27.7. The second-order valence-electron chi connectivity index (χ2n) is 9.39. The molecule has 12 heteroatoms. The number of nitrogens with zero attached hydrogens (tertiary/aromatic N) is 1. The van der Waals surface area contributed by atoms with Crippen LogP contribution in [0.5, 0.6) is 0 Å². The van der Waals surface area contributed by atoms with Gasteiger partial charge in [-0.05, 0) is 42.9 Å². The third kappa shape index (κ3) is 7.73. The van der Waals surface area contributed by atoms with Crippen molar-refractivity contribution in [1.29, 1.82) is 0 Å². The molecule has 2 saturated heterocycles. The summed E-state index contributed by atoms with van der Waals surface area (Å²) in [5.74, 6) is -1.96. The maximum atomic E-state index is 13.3. The lowest BCUT2D eigenvalue weighted by Crippen LogP contribution is -2.53. The Hall–Kier alpha value is -2.57. The molecule has 3 rings (SSSR count). The Morgan fingerprint density at radius 1 is 1.08 bits per heavy atom. The highest BCUT2D eigenvalue weighted by molar-refractivity contribution is 8.18. The average molecular weight is 565 g/mol. The second kappa shape index (κ2) is 14.0. The molecule has 3 amide bonds. The first-order valence-corrected chi connectivity index (χ1v) is 14.9. The first kappa shape index (κ1) is 30.0. The summed E-state index contributed by atoms with van der Waals surface area (Å²) < 4.78 is -0.0151. The van der Waals surface area contributed by atoms with Crippen molar-refractivity contribution in [3.63, 3.8) is 0 Å². The Kier molecular flexibility index (Phi) is 11.0. The largest absolute Gasteiger partial charge is 0.479 e. The van der Waals surface area contributed by atoms with Crippen LogP contribution < -0.4 is 16.0 Å². The van der Waals surface area contributed by atoms with E-state index in [0.29, 0.717) is 24.9 Å². The Balaban J connectivity index is 1.56. The molecule has 0 saturated carbocycles. The van der Waals surface area contributed by atoms with E-state index in [2.05, 4.69) is 20.9 Å². The number of thioether (sulfide) groups is 2. The predicted octanol–water partition coefficient (Wildman–Crippen LogP) is 1.56. The molecular weight excluding hydrogens is 528 g/mol. The van der Waals surface area contributed by atoms with E-state index in [1.807, 2.05) is 37.4 Å². The minimum absolute atomic E-state index is 0.0151. The molecule has 2 fully saturated rings. The molecule has 2 aliphatic rings. The first-order valence-electron chi connectivity index (χ1n) is 12.9. The van der Waals surface area contributed by atoms with Gasteiger partial charge in [0, 0.05) is 6.54 Å². The van der Waals surface area contributed by atoms with Gasteiger partial charge in [0.1, 0.15) is 0 Å². The summed E-state index contributed by atoms with van der Waals surface area (Å²) >= 11 is 3.81. The molecule has 4 N–H and O–H groups in total. The van der Waals surface area contributed by atoms with Crippen LogP contribution in [0.3, 0.4) is 0 Å². The Labute approximate surface area is 231 Å². The van der Waals surface area contributed by atoms with E-state index in [4.69, 9.17) is 0 Å². The molecule has 3 unspecified atom stereocenters. The molecule has 0 radical (unpaired) electrons. The number of carbonyl (C=O) groups excluding carboxylic acids is 4. The third-order valence-electron chi connectivity index (χ3n) is 6.65. The number of hydrogen-bond acceptors (Lipinski definition) is 8. The summed E-state index contributed by atoms with van der Waals surface area (Å²) in [6, 6.07) is 5.49. The lowest BCUT2D eigenvalue weighted by atomic mass is 10.1. The summed E-state index contributed by atoms with van der Waals surface area (Å²) in [7, 11) is 0. The lowest BCUT2D eigenvalue weighted by Gasteiger charge is -2.31. The number of hydrogen-bond donors (Lipinski definition) is 4. The molecule has 2 aliphatic heterocycles. The molecule has 38 heavy (non-hydrogen) atoms. The molecule has 0 aromatic heterocycles. The van der Waals surface area contributed by atoms with Gasteiger partial charge in [0.05, 0.1) is 22.7 Å². The van der Waals surface area contributed by atoms with E-state index in [9.17, 15) is 29.1 Å². The van der Waals surface area contributed by atoms with E-state index in [1.54, 1.807) is 30.3 Å². The lowest BCUT2D eigenvalue weighted by molar-refractivity contribution is -0.142. The first-order chi connectivity index (χ1) is 18.2. The fraction of sp³-hybridized carbons (Fsp3) is 0.577. The van der Waals surface area contributed by atoms with Gasteiger partial charge in [-0.1, -0.05) is 50.6 Å². The highest BCUT2D eigenvalue weighted by atomic mass is 32.2.